The van der Waals surface area contributed by atoms with Crippen molar-refractivity contribution in [1.82, 2.24) is 10.2 Å². The highest BCUT2D eigenvalue weighted by Gasteiger charge is 2.14. The molecule has 16 heavy (non-hydrogen) atoms. The van der Waals surface area contributed by atoms with Gasteiger partial charge < -0.3 is 16.0 Å². The Morgan fingerprint density at radius 3 is 2.50 bits per heavy atom. The quantitative estimate of drug-likeness (QED) is 0.615. The molecule has 0 aromatic rings. The standard InChI is InChI=1S/C12H27N3O/c1-5-7-14-11(12(13)16)6-8-15(4)9-10(2)3/h10-11,14H,5-9H2,1-4H3,(H2,13,16). The Morgan fingerprint density at radius 1 is 1.44 bits per heavy atom. The van der Waals surface area contributed by atoms with Gasteiger partial charge in [0.2, 0.25) is 5.91 Å². The lowest BCUT2D eigenvalue weighted by atomic mass is 10.1. The molecule has 1 atom stereocenters. The summed E-state index contributed by atoms with van der Waals surface area (Å²) >= 11 is 0. The van der Waals surface area contributed by atoms with Gasteiger partial charge in [0.25, 0.3) is 0 Å². The minimum Gasteiger partial charge on any atom is -0.368 e. The highest BCUT2D eigenvalue weighted by Crippen LogP contribution is 1.99. The molecule has 0 bridgehead atoms. The van der Waals surface area contributed by atoms with E-state index >= 15 is 0 Å². The summed E-state index contributed by atoms with van der Waals surface area (Å²) in [6, 6.07) is -0.186. The van der Waals surface area contributed by atoms with Crippen LogP contribution in [0.2, 0.25) is 0 Å². The Bertz CT molecular complexity index is 195. The summed E-state index contributed by atoms with van der Waals surface area (Å²) in [5, 5.41) is 3.18. The first-order valence-electron chi connectivity index (χ1n) is 6.18. The zero-order valence-corrected chi connectivity index (χ0v) is 11.1. The van der Waals surface area contributed by atoms with Crippen LogP contribution in [0.1, 0.15) is 33.6 Å². The SMILES string of the molecule is CCCNC(CCN(C)CC(C)C)C(N)=O. The van der Waals surface area contributed by atoms with E-state index in [1.807, 2.05) is 0 Å². The van der Waals surface area contributed by atoms with E-state index in [-0.39, 0.29) is 11.9 Å². The van der Waals surface area contributed by atoms with Crippen LogP contribution in [0.3, 0.4) is 0 Å². The lowest BCUT2D eigenvalue weighted by molar-refractivity contribution is -0.120. The number of hydrogen-bond donors (Lipinski definition) is 2. The molecular weight excluding hydrogens is 202 g/mol. The number of nitrogens with one attached hydrogen (secondary N) is 1. The van der Waals surface area contributed by atoms with E-state index in [9.17, 15) is 4.79 Å². The second-order valence-electron chi connectivity index (χ2n) is 4.85. The molecule has 0 saturated heterocycles. The monoisotopic (exact) mass is 229 g/mol. The van der Waals surface area contributed by atoms with Gasteiger partial charge in [-0.15, -0.1) is 0 Å². The average molecular weight is 229 g/mol. The topological polar surface area (TPSA) is 58.4 Å². The molecule has 0 aliphatic heterocycles. The van der Waals surface area contributed by atoms with Crippen molar-refractivity contribution >= 4 is 5.91 Å². The third-order valence-corrected chi connectivity index (χ3v) is 2.46. The van der Waals surface area contributed by atoms with Crippen LogP contribution in [0.25, 0.3) is 0 Å². The molecule has 0 aromatic carbocycles. The summed E-state index contributed by atoms with van der Waals surface area (Å²) in [6.07, 6.45) is 1.81. The molecule has 0 aromatic heterocycles. The summed E-state index contributed by atoms with van der Waals surface area (Å²) in [5.74, 6) is 0.409. The van der Waals surface area contributed by atoms with Gasteiger partial charge in [0.05, 0.1) is 6.04 Å². The van der Waals surface area contributed by atoms with E-state index in [0.29, 0.717) is 5.92 Å². The molecule has 96 valence electrons. The maximum atomic E-state index is 11.2. The minimum absolute atomic E-state index is 0.186. The maximum absolute atomic E-state index is 11.2. The van der Waals surface area contributed by atoms with Crippen LogP contribution in [0, 0.1) is 5.92 Å². The summed E-state index contributed by atoms with van der Waals surface area (Å²) in [5.41, 5.74) is 5.34. The molecule has 1 unspecified atom stereocenters. The number of nitrogens with two attached hydrogens (primary N) is 1. The molecule has 3 N–H and O–H groups in total. The molecule has 4 nitrogen and oxygen atoms in total. The molecule has 0 saturated carbocycles. The van der Waals surface area contributed by atoms with Gasteiger partial charge in [-0.2, -0.15) is 0 Å². The first-order valence-corrected chi connectivity index (χ1v) is 6.18. The Balaban J connectivity index is 3.87. The van der Waals surface area contributed by atoms with Gasteiger partial charge in [-0.1, -0.05) is 20.8 Å². The molecule has 0 aliphatic rings. The van der Waals surface area contributed by atoms with Crippen LogP contribution in [0.15, 0.2) is 0 Å². The smallest absolute Gasteiger partial charge is 0.234 e. The molecule has 0 rings (SSSR count). The highest BCUT2D eigenvalue weighted by molar-refractivity contribution is 5.79. The van der Waals surface area contributed by atoms with Crippen LogP contribution >= 0.6 is 0 Å². The predicted molar refractivity (Wildman–Crippen MR) is 68.2 cm³/mol. The number of carbonyl (C=O) groups excluding carboxylic acids is 1. The van der Waals surface area contributed by atoms with E-state index in [1.54, 1.807) is 0 Å². The van der Waals surface area contributed by atoms with Gasteiger partial charge in [0, 0.05) is 6.54 Å². The molecule has 0 spiro atoms. The minimum atomic E-state index is -0.244. The van der Waals surface area contributed by atoms with Crippen molar-refractivity contribution in [2.75, 3.05) is 26.7 Å². The van der Waals surface area contributed by atoms with Gasteiger partial charge in [-0.25, -0.2) is 0 Å². The first kappa shape index (κ1) is 15.4. The predicted octanol–water partition coefficient (Wildman–Crippen LogP) is 0.818. The van der Waals surface area contributed by atoms with E-state index in [2.05, 4.69) is 38.0 Å². The summed E-state index contributed by atoms with van der Waals surface area (Å²) < 4.78 is 0. The van der Waals surface area contributed by atoms with Crippen molar-refractivity contribution in [3.8, 4) is 0 Å². The third kappa shape index (κ3) is 7.65. The molecule has 4 heteroatoms. The van der Waals surface area contributed by atoms with Crippen molar-refractivity contribution < 1.29 is 4.79 Å². The van der Waals surface area contributed by atoms with Crippen LogP contribution in [-0.2, 0) is 4.79 Å². The first-order chi connectivity index (χ1) is 7.47. The van der Waals surface area contributed by atoms with E-state index < -0.39 is 0 Å². The fraction of sp³-hybridized carbons (Fsp3) is 0.917. The van der Waals surface area contributed by atoms with Crippen molar-refractivity contribution in [1.29, 1.82) is 0 Å². The van der Waals surface area contributed by atoms with Gasteiger partial charge >= 0.3 is 0 Å². The Morgan fingerprint density at radius 2 is 2.06 bits per heavy atom. The van der Waals surface area contributed by atoms with Gasteiger partial charge in [-0.05, 0) is 38.9 Å². The van der Waals surface area contributed by atoms with Gasteiger partial charge in [0.15, 0.2) is 0 Å². The molecule has 0 radical (unpaired) electrons. The summed E-state index contributed by atoms with van der Waals surface area (Å²) in [4.78, 5) is 13.4. The zero-order chi connectivity index (χ0) is 12.6. The van der Waals surface area contributed by atoms with Gasteiger partial charge in [0.1, 0.15) is 0 Å². The van der Waals surface area contributed by atoms with Crippen LogP contribution in [-0.4, -0.2) is 43.5 Å². The van der Waals surface area contributed by atoms with Crippen molar-refractivity contribution in [2.24, 2.45) is 11.7 Å². The van der Waals surface area contributed by atoms with E-state index in [1.165, 1.54) is 0 Å². The summed E-state index contributed by atoms with van der Waals surface area (Å²) in [7, 11) is 2.08. The number of hydrogen-bond acceptors (Lipinski definition) is 3. The largest absolute Gasteiger partial charge is 0.368 e. The molecule has 0 aliphatic carbocycles. The molecule has 1 amide bonds. The number of amides is 1. The average Bonchev–Trinajstić information content (AvgIpc) is 2.16. The zero-order valence-electron chi connectivity index (χ0n) is 11.1. The Kier molecular flexibility index (Phi) is 8.21. The van der Waals surface area contributed by atoms with Crippen molar-refractivity contribution in [3.05, 3.63) is 0 Å². The van der Waals surface area contributed by atoms with E-state index in [0.717, 1.165) is 32.5 Å². The Hall–Kier alpha value is -0.610. The fourth-order valence-electron chi connectivity index (χ4n) is 1.73. The van der Waals surface area contributed by atoms with Crippen molar-refractivity contribution in [3.63, 3.8) is 0 Å². The van der Waals surface area contributed by atoms with E-state index in [4.69, 9.17) is 5.73 Å². The van der Waals surface area contributed by atoms with Crippen LogP contribution in [0.4, 0.5) is 0 Å². The number of primary amides is 1. The van der Waals surface area contributed by atoms with Crippen LogP contribution < -0.4 is 11.1 Å². The van der Waals surface area contributed by atoms with Crippen LogP contribution in [0.5, 0.6) is 0 Å². The Labute approximate surface area is 99.6 Å². The highest BCUT2D eigenvalue weighted by atomic mass is 16.1. The van der Waals surface area contributed by atoms with Crippen molar-refractivity contribution in [2.45, 2.75) is 39.7 Å². The lowest BCUT2D eigenvalue weighted by Gasteiger charge is -2.22. The number of rotatable bonds is 9. The molecule has 0 heterocycles. The third-order valence-electron chi connectivity index (χ3n) is 2.46. The molecular formula is C12H27N3O. The number of carbonyl (C=O) groups is 1. The molecule has 0 fully saturated rings. The second kappa shape index (κ2) is 8.53. The normalized spacial score (nSPS) is 13.4. The summed E-state index contributed by atoms with van der Waals surface area (Å²) in [6.45, 7) is 9.27. The maximum Gasteiger partial charge on any atom is 0.234 e. The fourth-order valence-corrected chi connectivity index (χ4v) is 1.73. The number of nitrogens with zero attached hydrogens (tertiary/aromatic N) is 1. The second-order valence-corrected chi connectivity index (χ2v) is 4.85. The lowest BCUT2D eigenvalue weighted by Crippen LogP contribution is -2.43. The van der Waals surface area contributed by atoms with Gasteiger partial charge in [-0.3, -0.25) is 4.79 Å².